The molecule has 14 heavy (non-hydrogen) atoms. The fourth-order valence-electron chi connectivity index (χ4n) is 1.91. The predicted octanol–water partition coefficient (Wildman–Crippen LogP) is 2.49. The zero-order valence-corrected chi connectivity index (χ0v) is 9.93. The van der Waals surface area contributed by atoms with Gasteiger partial charge in [-0.2, -0.15) is 12.6 Å². The molecule has 1 aliphatic heterocycles. The Kier molecular flexibility index (Phi) is 5.38. The van der Waals surface area contributed by atoms with Crippen LogP contribution in [0.5, 0.6) is 0 Å². The molecule has 3 heteroatoms. The van der Waals surface area contributed by atoms with Crippen molar-refractivity contribution in [2.45, 2.75) is 50.7 Å². The molecule has 0 aromatic rings. The summed E-state index contributed by atoms with van der Waals surface area (Å²) in [7, 11) is 0. The van der Waals surface area contributed by atoms with E-state index in [-0.39, 0.29) is 11.2 Å². The Morgan fingerprint density at radius 1 is 1.07 bits per heavy atom. The molecule has 1 unspecified atom stereocenters. The van der Waals surface area contributed by atoms with Crippen molar-refractivity contribution in [2.24, 2.45) is 0 Å². The van der Waals surface area contributed by atoms with E-state index in [2.05, 4.69) is 12.6 Å². The normalized spacial score (nSPS) is 22.0. The average Bonchev–Trinajstić information content (AvgIpc) is 2.29. The summed E-state index contributed by atoms with van der Waals surface area (Å²) in [5.41, 5.74) is 0. The van der Waals surface area contributed by atoms with Gasteiger partial charge in [0.2, 0.25) is 5.91 Å². The Labute approximate surface area is 92.5 Å². The zero-order chi connectivity index (χ0) is 10.4. The van der Waals surface area contributed by atoms with Crippen LogP contribution >= 0.6 is 12.6 Å². The van der Waals surface area contributed by atoms with Gasteiger partial charge in [-0.15, -0.1) is 0 Å². The molecule has 1 saturated heterocycles. The summed E-state index contributed by atoms with van der Waals surface area (Å²) in [5, 5.41) is -0.143. The maximum absolute atomic E-state index is 11.7. The molecule has 1 aliphatic rings. The summed E-state index contributed by atoms with van der Waals surface area (Å²) in [6.07, 6.45) is 7.52. The van der Waals surface area contributed by atoms with Crippen LogP contribution in [-0.4, -0.2) is 29.1 Å². The second-order valence-electron chi connectivity index (χ2n) is 4.12. The second kappa shape index (κ2) is 6.33. The second-order valence-corrected chi connectivity index (χ2v) is 4.90. The molecule has 0 N–H and O–H groups in total. The van der Waals surface area contributed by atoms with Crippen LogP contribution in [0.4, 0.5) is 0 Å². The lowest BCUT2D eigenvalue weighted by Crippen LogP contribution is -2.37. The largest absolute Gasteiger partial charge is 0.342 e. The molecule has 0 aromatic heterocycles. The van der Waals surface area contributed by atoms with Gasteiger partial charge in [0.1, 0.15) is 0 Å². The van der Waals surface area contributed by atoms with Crippen LogP contribution in [0.25, 0.3) is 0 Å². The zero-order valence-electron chi connectivity index (χ0n) is 9.04. The topological polar surface area (TPSA) is 20.3 Å². The van der Waals surface area contributed by atoms with E-state index < -0.39 is 0 Å². The molecule has 0 aromatic carbocycles. The van der Waals surface area contributed by atoms with Crippen molar-refractivity contribution >= 4 is 18.5 Å². The van der Waals surface area contributed by atoms with Crippen molar-refractivity contribution in [3.05, 3.63) is 0 Å². The minimum Gasteiger partial charge on any atom is -0.342 e. The summed E-state index contributed by atoms with van der Waals surface area (Å²) < 4.78 is 0. The van der Waals surface area contributed by atoms with Gasteiger partial charge >= 0.3 is 0 Å². The van der Waals surface area contributed by atoms with Gasteiger partial charge < -0.3 is 4.90 Å². The standard InChI is InChI=1S/C11H21NOS/c1-10(14)11(13)12-8-6-4-2-3-5-7-9-12/h10,14H,2-9H2,1H3. The summed E-state index contributed by atoms with van der Waals surface area (Å²) >= 11 is 4.20. The third-order valence-electron chi connectivity index (χ3n) is 2.78. The maximum atomic E-state index is 11.7. The van der Waals surface area contributed by atoms with Crippen LogP contribution in [0.15, 0.2) is 0 Å². The highest BCUT2D eigenvalue weighted by Gasteiger charge is 2.17. The Bertz CT molecular complexity index is 172. The smallest absolute Gasteiger partial charge is 0.235 e. The van der Waals surface area contributed by atoms with Gasteiger partial charge in [0.25, 0.3) is 0 Å². The van der Waals surface area contributed by atoms with Gasteiger partial charge in [-0.05, 0) is 19.8 Å². The number of carbonyl (C=O) groups excluding carboxylic acids is 1. The number of rotatable bonds is 1. The molecular formula is C11H21NOS. The van der Waals surface area contributed by atoms with Crippen LogP contribution < -0.4 is 0 Å². The third-order valence-corrected chi connectivity index (χ3v) is 3.00. The quantitative estimate of drug-likeness (QED) is 0.666. The summed E-state index contributed by atoms with van der Waals surface area (Å²) in [4.78, 5) is 13.7. The van der Waals surface area contributed by atoms with E-state index in [0.29, 0.717) is 0 Å². The Morgan fingerprint density at radius 2 is 1.50 bits per heavy atom. The number of thiol groups is 1. The lowest BCUT2D eigenvalue weighted by atomic mass is 10.1. The molecule has 2 nitrogen and oxygen atoms in total. The number of amides is 1. The summed E-state index contributed by atoms with van der Waals surface area (Å²) in [6.45, 7) is 3.73. The van der Waals surface area contributed by atoms with Crippen LogP contribution in [0.3, 0.4) is 0 Å². The molecule has 82 valence electrons. The first-order chi connectivity index (χ1) is 6.72. The molecule has 0 spiro atoms. The number of carbonyl (C=O) groups is 1. The van der Waals surface area contributed by atoms with Gasteiger partial charge in [-0.3, -0.25) is 4.79 Å². The average molecular weight is 215 g/mol. The van der Waals surface area contributed by atoms with E-state index in [1.165, 1.54) is 25.7 Å². The van der Waals surface area contributed by atoms with E-state index in [4.69, 9.17) is 0 Å². The number of hydrogen-bond acceptors (Lipinski definition) is 2. The summed E-state index contributed by atoms with van der Waals surface area (Å²) in [5.74, 6) is 0.204. The van der Waals surface area contributed by atoms with Crippen LogP contribution in [0, 0.1) is 0 Å². The molecule has 1 rings (SSSR count). The van der Waals surface area contributed by atoms with Crippen LogP contribution in [0.1, 0.15) is 45.4 Å². The first-order valence-electron chi connectivity index (χ1n) is 5.68. The highest BCUT2D eigenvalue weighted by Crippen LogP contribution is 2.12. The lowest BCUT2D eigenvalue weighted by molar-refractivity contribution is -0.130. The molecular weight excluding hydrogens is 194 g/mol. The van der Waals surface area contributed by atoms with Crippen molar-refractivity contribution in [1.29, 1.82) is 0 Å². The van der Waals surface area contributed by atoms with Gasteiger partial charge in [0.15, 0.2) is 0 Å². The summed E-state index contributed by atoms with van der Waals surface area (Å²) in [6, 6.07) is 0. The Balaban J connectivity index is 2.43. The monoisotopic (exact) mass is 215 g/mol. The van der Waals surface area contributed by atoms with Crippen molar-refractivity contribution in [2.75, 3.05) is 13.1 Å². The fraction of sp³-hybridized carbons (Fsp3) is 0.909. The van der Waals surface area contributed by atoms with Gasteiger partial charge in [0.05, 0.1) is 5.25 Å². The maximum Gasteiger partial charge on any atom is 0.235 e. The van der Waals surface area contributed by atoms with Gasteiger partial charge in [0, 0.05) is 13.1 Å². The Hall–Kier alpha value is -0.180. The highest BCUT2D eigenvalue weighted by molar-refractivity contribution is 7.81. The van der Waals surface area contributed by atoms with Crippen molar-refractivity contribution in [1.82, 2.24) is 4.90 Å². The van der Waals surface area contributed by atoms with Gasteiger partial charge in [-0.1, -0.05) is 25.7 Å². The SMILES string of the molecule is CC(S)C(=O)N1CCCCCCCC1. The Morgan fingerprint density at radius 3 is 1.93 bits per heavy atom. The van der Waals surface area contributed by atoms with Gasteiger partial charge in [-0.25, -0.2) is 0 Å². The third kappa shape index (κ3) is 3.91. The fourth-order valence-corrected chi connectivity index (χ4v) is 2.07. The molecule has 0 aliphatic carbocycles. The molecule has 1 amide bonds. The van der Waals surface area contributed by atoms with E-state index >= 15 is 0 Å². The minimum absolute atomic E-state index is 0.143. The minimum atomic E-state index is -0.143. The molecule has 1 heterocycles. The van der Waals surface area contributed by atoms with E-state index in [0.717, 1.165) is 25.9 Å². The van der Waals surface area contributed by atoms with Crippen molar-refractivity contribution in [3.8, 4) is 0 Å². The lowest BCUT2D eigenvalue weighted by Gasteiger charge is -2.23. The predicted molar refractivity (Wildman–Crippen MR) is 62.7 cm³/mol. The van der Waals surface area contributed by atoms with Crippen molar-refractivity contribution < 1.29 is 4.79 Å². The number of nitrogens with zero attached hydrogens (tertiary/aromatic N) is 1. The first-order valence-corrected chi connectivity index (χ1v) is 6.20. The van der Waals surface area contributed by atoms with E-state index in [9.17, 15) is 4.79 Å². The number of hydrogen-bond donors (Lipinski definition) is 1. The molecule has 0 radical (unpaired) electrons. The molecule has 0 bridgehead atoms. The molecule has 1 atom stereocenters. The molecule has 1 fully saturated rings. The first kappa shape index (κ1) is 11.9. The van der Waals surface area contributed by atoms with E-state index in [1.807, 2.05) is 11.8 Å². The van der Waals surface area contributed by atoms with Crippen LogP contribution in [0.2, 0.25) is 0 Å². The highest BCUT2D eigenvalue weighted by atomic mass is 32.1. The van der Waals surface area contributed by atoms with Crippen molar-refractivity contribution in [3.63, 3.8) is 0 Å². The molecule has 0 saturated carbocycles. The van der Waals surface area contributed by atoms with Crippen LogP contribution in [-0.2, 0) is 4.79 Å². The van der Waals surface area contributed by atoms with E-state index in [1.54, 1.807) is 0 Å².